The molecular formula is C9H12O4. The minimum Gasteiger partial charge on any atom is -0.468 e. The van der Waals surface area contributed by atoms with Crippen molar-refractivity contribution in [2.75, 3.05) is 7.11 Å². The van der Waals surface area contributed by atoms with E-state index < -0.39 is 17.8 Å². The van der Waals surface area contributed by atoms with E-state index in [1.54, 1.807) is 0 Å². The third-order valence-electron chi connectivity index (χ3n) is 2.43. The normalized spacial score (nSPS) is 27.4. The van der Waals surface area contributed by atoms with Crippen molar-refractivity contribution in [3.63, 3.8) is 0 Å². The van der Waals surface area contributed by atoms with Crippen LogP contribution in [0, 0.1) is 11.8 Å². The molecule has 0 saturated heterocycles. The molecule has 0 amide bonds. The molecular weight excluding hydrogens is 172 g/mol. The molecule has 0 aromatic rings. The van der Waals surface area contributed by atoms with Crippen molar-refractivity contribution < 1.29 is 19.1 Å². The van der Waals surface area contributed by atoms with E-state index in [1.165, 1.54) is 14.0 Å². The molecule has 4 nitrogen and oxygen atoms in total. The number of carbonyl (C=O) groups is 3. The fourth-order valence-electron chi connectivity index (χ4n) is 1.70. The van der Waals surface area contributed by atoms with Crippen molar-refractivity contribution in [1.82, 2.24) is 0 Å². The number of hydrogen-bond donors (Lipinski definition) is 0. The van der Waals surface area contributed by atoms with E-state index in [1.807, 2.05) is 0 Å². The predicted octanol–water partition coefficient (Wildman–Crippen LogP) is 0.344. The maximum atomic E-state index is 11.2. The van der Waals surface area contributed by atoms with Gasteiger partial charge in [0, 0.05) is 12.3 Å². The fourth-order valence-corrected chi connectivity index (χ4v) is 1.70. The Morgan fingerprint density at radius 2 is 2.08 bits per heavy atom. The van der Waals surface area contributed by atoms with E-state index in [0.717, 1.165) is 0 Å². The number of methoxy groups -OCH3 is 1. The molecule has 0 aromatic carbocycles. The molecule has 13 heavy (non-hydrogen) atoms. The van der Waals surface area contributed by atoms with Crippen molar-refractivity contribution in [3.8, 4) is 0 Å². The van der Waals surface area contributed by atoms with Gasteiger partial charge in [-0.25, -0.2) is 0 Å². The van der Waals surface area contributed by atoms with Crippen LogP contribution >= 0.6 is 0 Å². The molecule has 0 spiro atoms. The summed E-state index contributed by atoms with van der Waals surface area (Å²) in [4.78, 5) is 33.4. The highest BCUT2D eigenvalue weighted by atomic mass is 16.5. The Balaban J connectivity index is 2.83. The van der Waals surface area contributed by atoms with E-state index in [4.69, 9.17) is 0 Å². The van der Waals surface area contributed by atoms with Crippen molar-refractivity contribution in [2.24, 2.45) is 11.8 Å². The number of ether oxygens (including phenoxy) is 1. The number of hydrogen-bond acceptors (Lipinski definition) is 4. The lowest BCUT2D eigenvalue weighted by atomic mass is 9.92. The van der Waals surface area contributed by atoms with Gasteiger partial charge in [0.15, 0.2) is 0 Å². The molecule has 1 aliphatic carbocycles. The number of ketones is 2. The second-order valence-electron chi connectivity index (χ2n) is 3.22. The van der Waals surface area contributed by atoms with E-state index >= 15 is 0 Å². The summed E-state index contributed by atoms with van der Waals surface area (Å²) < 4.78 is 4.47. The largest absolute Gasteiger partial charge is 0.468 e. The van der Waals surface area contributed by atoms with Crippen molar-refractivity contribution in [1.29, 1.82) is 0 Å². The molecule has 4 heteroatoms. The minimum absolute atomic E-state index is 0.110. The second-order valence-corrected chi connectivity index (χ2v) is 3.22. The maximum Gasteiger partial charge on any atom is 0.316 e. The van der Waals surface area contributed by atoms with Crippen LogP contribution in [0.2, 0.25) is 0 Å². The van der Waals surface area contributed by atoms with Gasteiger partial charge in [0.1, 0.15) is 17.5 Å². The zero-order valence-electron chi connectivity index (χ0n) is 7.70. The first-order valence-electron chi connectivity index (χ1n) is 4.19. The zero-order chi connectivity index (χ0) is 10.0. The van der Waals surface area contributed by atoms with Crippen LogP contribution in [0.1, 0.15) is 19.8 Å². The summed E-state index contributed by atoms with van der Waals surface area (Å²) in [6.45, 7) is 1.40. The summed E-state index contributed by atoms with van der Waals surface area (Å²) in [6, 6.07) is 0. The first-order chi connectivity index (χ1) is 6.07. The molecule has 0 aromatic heterocycles. The topological polar surface area (TPSA) is 60.4 Å². The molecule has 1 fully saturated rings. The SMILES string of the molecule is COC(=O)C1C(=O)CCC1C(C)=O. The summed E-state index contributed by atoms with van der Waals surface area (Å²) >= 11 is 0. The van der Waals surface area contributed by atoms with Crippen LogP contribution in [0.4, 0.5) is 0 Å². The van der Waals surface area contributed by atoms with Crippen LogP contribution in [-0.2, 0) is 19.1 Å². The number of carbonyl (C=O) groups excluding carboxylic acids is 3. The van der Waals surface area contributed by atoms with E-state index in [0.29, 0.717) is 12.8 Å². The van der Waals surface area contributed by atoms with Gasteiger partial charge < -0.3 is 4.74 Å². The zero-order valence-corrected chi connectivity index (χ0v) is 7.70. The van der Waals surface area contributed by atoms with Crippen molar-refractivity contribution in [2.45, 2.75) is 19.8 Å². The fraction of sp³-hybridized carbons (Fsp3) is 0.667. The van der Waals surface area contributed by atoms with Crippen LogP contribution in [-0.4, -0.2) is 24.6 Å². The molecule has 72 valence electrons. The summed E-state index contributed by atoms with van der Waals surface area (Å²) in [5, 5.41) is 0. The molecule has 0 bridgehead atoms. The Morgan fingerprint density at radius 3 is 2.54 bits per heavy atom. The number of esters is 1. The highest BCUT2D eigenvalue weighted by Crippen LogP contribution is 2.30. The molecule has 0 N–H and O–H groups in total. The second kappa shape index (κ2) is 3.68. The third kappa shape index (κ3) is 1.76. The van der Waals surface area contributed by atoms with Gasteiger partial charge in [-0.15, -0.1) is 0 Å². The highest BCUT2D eigenvalue weighted by Gasteiger charge is 2.42. The lowest BCUT2D eigenvalue weighted by Gasteiger charge is -2.12. The van der Waals surface area contributed by atoms with Crippen LogP contribution < -0.4 is 0 Å². The van der Waals surface area contributed by atoms with Gasteiger partial charge in [0.25, 0.3) is 0 Å². The molecule has 0 radical (unpaired) electrons. The lowest BCUT2D eigenvalue weighted by Crippen LogP contribution is -2.29. The monoisotopic (exact) mass is 184 g/mol. The highest BCUT2D eigenvalue weighted by molar-refractivity contribution is 6.05. The first-order valence-corrected chi connectivity index (χ1v) is 4.19. The minimum atomic E-state index is -0.845. The Bertz CT molecular complexity index is 256. The maximum absolute atomic E-state index is 11.2. The first kappa shape index (κ1) is 9.89. The van der Waals surface area contributed by atoms with Gasteiger partial charge in [0.2, 0.25) is 0 Å². The van der Waals surface area contributed by atoms with Gasteiger partial charge >= 0.3 is 5.97 Å². The van der Waals surface area contributed by atoms with Gasteiger partial charge in [-0.05, 0) is 13.3 Å². The van der Waals surface area contributed by atoms with E-state index in [9.17, 15) is 14.4 Å². The quantitative estimate of drug-likeness (QED) is 0.458. The average molecular weight is 184 g/mol. The molecule has 1 rings (SSSR count). The van der Waals surface area contributed by atoms with Crippen molar-refractivity contribution >= 4 is 17.5 Å². The Labute approximate surface area is 76.3 Å². The van der Waals surface area contributed by atoms with Crippen molar-refractivity contribution in [3.05, 3.63) is 0 Å². The molecule has 0 heterocycles. The van der Waals surface area contributed by atoms with E-state index in [2.05, 4.69) is 4.74 Å². The van der Waals surface area contributed by atoms with E-state index in [-0.39, 0.29) is 11.6 Å². The van der Waals surface area contributed by atoms with Crippen LogP contribution in [0.5, 0.6) is 0 Å². The molecule has 1 saturated carbocycles. The summed E-state index contributed by atoms with van der Waals surface area (Å²) in [5.41, 5.74) is 0. The van der Waals surface area contributed by atoms with Gasteiger partial charge in [-0.1, -0.05) is 0 Å². The number of rotatable bonds is 2. The Hall–Kier alpha value is -1.19. The van der Waals surface area contributed by atoms with Gasteiger partial charge in [-0.3, -0.25) is 14.4 Å². The Kier molecular flexibility index (Phi) is 2.80. The molecule has 1 aliphatic rings. The Morgan fingerprint density at radius 1 is 1.46 bits per heavy atom. The van der Waals surface area contributed by atoms with Gasteiger partial charge in [-0.2, -0.15) is 0 Å². The van der Waals surface area contributed by atoms with Crippen LogP contribution in [0.15, 0.2) is 0 Å². The predicted molar refractivity (Wildman–Crippen MR) is 43.9 cm³/mol. The summed E-state index contributed by atoms with van der Waals surface area (Å²) in [6.07, 6.45) is 0.790. The average Bonchev–Trinajstić information content (AvgIpc) is 2.46. The number of Topliss-reactive ketones (excluding diaryl/α,β-unsaturated/α-hetero) is 2. The van der Waals surface area contributed by atoms with Crippen LogP contribution in [0.25, 0.3) is 0 Å². The molecule has 0 aliphatic heterocycles. The standard InChI is InChI=1S/C9H12O4/c1-5(10)6-3-4-7(11)8(6)9(12)13-2/h6,8H,3-4H2,1-2H3. The van der Waals surface area contributed by atoms with Crippen LogP contribution in [0.3, 0.4) is 0 Å². The summed E-state index contributed by atoms with van der Waals surface area (Å²) in [5.74, 6) is -2.17. The molecule has 2 atom stereocenters. The molecule has 2 unspecified atom stereocenters. The third-order valence-corrected chi connectivity index (χ3v) is 2.43. The summed E-state index contributed by atoms with van der Waals surface area (Å²) in [7, 11) is 1.23. The smallest absolute Gasteiger partial charge is 0.316 e. The lowest BCUT2D eigenvalue weighted by molar-refractivity contribution is -0.151. The van der Waals surface area contributed by atoms with Gasteiger partial charge in [0.05, 0.1) is 7.11 Å².